The first-order valence-electron chi connectivity index (χ1n) is 7.74. The van der Waals surface area contributed by atoms with Crippen LogP contribution in [0.3, 0.4) is 0 Å². The highest BCUT2D eigenvalue weighted by Crippen LogP contribution is 2.29. The highest BCUT2D eigenvalue weighted by atomic mass is 79.9. The van der Waals surface area contributed by atoms with Crippen LogP contribution in [0.2, 0.25) is 0 Å². The van der Waals surface area contributed by atoms with Gasteiger partial charge in [-0.1, -0.05) is 15.9 Å². The monoisotopic (exact) mass is 392 g/mol. The van der Waals surface area contributed by atoms with Crippen LogP contribution in [0.25, 0.3) is 0 Å². The zero-order valence-corrected chi connectivity index (χ0v) is 14.9. The first kappa shape index (κ1) is 16.8. The molecule has 4 nitrogen and oxygen atoms in total. The molecule has 0 unspecified atom stereocenters. The van der Waals surface area contributed by atoms with Gasteiger partial charge in [0.15, 0.2) is 0 Å². The van der Waals surface area contributed by atoms with Gasteiger partial charge in [0.2, 0.25) is 0 Å². The molecule has 6 heteroatoms. The molecule has 3 rings (SSSR count). The van der Waals surface area contributed by atoms with E-state index < -0.39 is 0 Å². The van der Waals surface area contributed by atoms with E-state index in [1.54, 1.807) is 11.0 Å². The Balaban J connectivity index is 1.71. The quantitative estimate of drug-likeness (QED) is 0.847. The summed E-state index contributed by atoms with van der Waals surface area (Å²) in [6.45, 7) is 0.919. The van der Waals surface area contributed by atoms with Crippen LogP contribution >= 0.6 is 15.9 Å². The predicted octanol–water partition coefficient (Wildman–Crippen LogP) is 4.26. The lowest BCUT2D eigenvalue weighted by molar-refractivity contribution is 0.245. The van der Waals surface area contributed by atoms with E-state index in [4.69, 9.17) is 4.74 Å². The fourth-order valence-electron chi connectivity index (χ4n) is 2.89. The van der Waals surface area contributed by atoms with E-state index in [1.807, 2.05) is 18.2 Å². The average Bonchev–Trinajstić information content (AvgIpc) is 2.58. The van der Waals surface area contributed by atoms with E-state index in [1.165, 1.54) is 19.2 Å². The van der Waals surface area contributed by atoms with Crippen molar-refractivity contribution in [1.29, 1.82) is 0 Å². The number of ether oxygens (including phenoxy) is 1. The molecule has 0 spiro atoms. The Hall–Kier alpha value is -2.08. The summed E-state index contributed by atoms with van der Waals surface area (Å²) in [5.41, 5.74) is 2.74. The Morgan fingerprint density at radius 3 is 2.96 bits per heavy atom. The van der Waals surface area contributed by atoms with Crippen molar-refractivity contribution < 1.29 is 13.9 Å². The molecular weight excluding hydrogens is 375 g/mol. The second-order valence-corrected chi connectivity index (χ2v) is 6.60. The number of hydrogen-bond acceptors (Lipinski definition) is 2. The number of benzene rings is 2. The largest absolute Gasteiger partial charge is 0.497 e. The lowest BCUT2D eigenvalue weighted by Gasteiger charge is -2.29. The molecule has 1 aliphatic rings. The number of carbonyl (C=O) groups is 1. The van der Waals surface area contributed by atoms with E-state index in [2.05, 4.69) is 21.2 Å². The van der Waals surface area contributed by atoms with Crippen LogP contribution < -0.4 is 15.0 Å². The second kappa shape index (κ2) is 7.21. The van der Waals surface area contributed by atoms with Crippen LogP contribution in [-0.2, 0) is 13.0 Å². The number of hydrogen-bond donors (Lipinski definition) is 1. The minimum atomic E-state index is -0.383. The summed E-state index contributed by atoms with van der Waals surface area (Å²) in [5, 5.41) is 2.86. The van der Waals surface area contributed by atoms with Gasteiger partial charge < -0.3 is 10.1 Å². The third kappa shape index (κ3) is 3.70. The Kier molecular flexibility index (Phi) is 5.04. The number of carbonyl (C=O) groups excluding carboxylic acids is 1. The molecule has 0 bridgehead atoms. The molecule has 2 aromatic rings. The van der Waals surface area contributed by atoms with Gasteiger partial charge in [-0.2, -0.15) is 0 Å². The summed E-state index contributed by atoms with van der Waals surface area (Å²) >= 11 is 3.46. The van der Waals surface area contributed by atoms with Gasteiger partial charge in [0.05, 0.1) is 7.11 Å². The van der Waals surface area contributed by atoms with Crippen molar-refractivity contribution in [2.45, 2.75) is 19.4 Å². The standard InChI is InChI=1S/C18H18BrFN2O2/c1-24-16-8-12(7-15(20)10-16)11-21-18(23)22-6-2-3-13-9-14(19)4-5-17(13)22/h4-5,7-10H,2-3,6,11H2,1H3,(H,21,23). The van der Waals surface area contributed by atoms with Gasteiger partial charge in [-0.25, -0.2) is 9.18 Å². The van der Waals surface area contributed by atoms with E-state index in [0.29, 0.717) is 17.9 Å². The summed E-state index contributed by atoms with van der Waals surface area (Å²) in [6.07, 6.45) is 1.88. The normalized spacial score (nSPS) is 13.4. The van der Waals surface area contributed by atoms with E-state index in [-0.39, 0.29) is 18.4 Å². The van der Waals surface area contributed by atoms with Crippen molar-refractivity contribution in [1.82, 2.24) is 5.32 Å². The number of nitrogens with zero attached hydrogens (tertiary/aromatic N) is 1. The van der Waals surface area contributed by atoms with E-state index in [9.17, 15) is 9.18 Å². The van der Waals surface area contributed by atoms with Crippen molar-refractivity contribution in [2.75, 3.05) is 18.6 Å². The van der Waals surface area contributed by atoms with Crippen molar-refractivity contribution in [2.24, 2.45) is 0 Å². The molecule has 1 aliphatic heterocycles. The van der Waals surface area contributed by atoms with Crippen LogP contribution in [-0.4, -0.2) is 19.7 Å². The van der Waals surface area contributed by atoms with Crippen molar-refractivity contribution >= 4 is 27.6 Å². The molecule has 2 amide bonds. The zero-order chi connectivity index (χ0) is 17.1. The molecule has 126 valence electrons. The highest BCUT2D eigenvalue weighted by Gasteiger charge is 2.22. The Bertz CT molecular complexity index is 767. The molecule has 0 aromatic heterocycles. The number of urea groups is 1. The summed E-state index contributed by atoms with van der Waals surface area (Å²) in [6, 6.07) is 10.2. The minimum absolute atomic E-state index is 0.179. The van der Waals surface area contributed by atoms with Gasteiger partial charge >= 0.3 is 6.03 Å². The summed E-state index contributed by atoms with van der Waals surface area (Å²) in [7, 11) is 1.49. The molecule has 0 fully saturated rings. The van der Waals surface area contributed by atoms with Gasteiger partial charge in [0, 0.05) is 29.3 Å². The van der Waals surface area contributed by atoms with Gasteiger partial charge in [0.25, 0.3) is 0 Å². The number of halogens is 2. The Morgan fingerprint density at radius 2 is 2.17 bits per heavy atom. The molecule has 0 atom stereocenters. The highest BCUT2D eigenvalue weighted by molar-refractivity contribution is 9.10. The fraction of sp³-hybridized carbons (Fsp3) is 0.278. The number of aryl methyl sites for hydroxylation is 1. The molecule has 0 saturated heterocycles. The number of nitrogens with one attached hydrogen (secondary N) is 1. The van der Waals surface area contributed by atoms with E-state index in [0.717, 1.165) is 28.6 Å². The number of rotatable bonds is 3. The maximum absolute atomic E-state index is 13.5. The molecule has 2 aromatic carbocycles. The third-order valence-corrected chi connectivity index (χ3v) is 4.51. The van der Waals surface area contributed by atoms with Crippen molar-refractivity contribution in [3.8, 4) is 5.75 Å². The van der Waals surface area contributed by atoms with Crippen molar-refractivity contribution in [3.05, 3.63) is 57.8 Å². The van der Waals surface area contributed by atoms with Gasteiger partial charge in [0.1, 0.15) is 11.6 Å². The van der Waals surface area contributed by atoms with Gasteiger partial charge in [-0.3, -0.25) is 4.90 Å². The lowest BCUT2D eigenvalue weighted by Crippen LogP contribution is -2.42. The molecular formula is C18H18BrFN2O2. The number of amides is 2. The maximum atomic E-state index is 13.5. The van der Waals surface area contributed by atoms with Crippen molar-refractivity contribution in [3.63, 3.8) is 0 Å². The molecule has 1 heterocycles. The number of anilines is 1. The van der Waals surface area contributed by atoms with Crippen LogP contribution in [0.5, 0.6) is 5.75 Å². The number of methoxy groups -OCH3 is 1. The first-order chi connectivity index (χ1) is 11.6. The lowest BCUT2D eigenvalue weighted by atomic mass is 10.0. The van der Waals surface area contributed by atoms with Crippen LogP contribution in [0, 0.1) is 5.82 Å². The van der Waals surface area contributed by atoms with E-state index >= 15 is 0 Å². The van der Waals surface area contributed by atoms with Crippen LogP contribution in [0.15, 0.2) is 40.9 Å². The summed E-state index contributed by atoms with van der Waals surface area (Å²) < 4.78 is 19.6. The smallest absolute Gasteiger partial charge is 0.322 e. The average molecular weight is 393 g/mol. The molecule has 0 radical (unpaired) electrons. The number of fused-ring (bicyclic) bond motifs is 1. The molecule has 0 aliphatic carbocycles. The first-order valence-corrected chi connectivity index (χ1v) is 8.53. The predicted molar refractivity (Wildman–Crippen MR) is 95.0 cm³/mol. The Morgan fingerprint density at radius 1 is 1.33 bits per heavy atom. The SMILES string of the molecule is COc1cc(F)cc(CNC(=O)N2CCCc3cc(Br)ccc32)c1. The van der Waals surface area contributed by atoms with Gasteiger partial charge in [-0.15, -0.1) is 0 Å². The third-order valence-electron chi connectivity index (χ3n) is 4.02. The fourth-order valence-corrected chi connectivity index (χ4v) is 3.30. The summed E-state index contributed by atoms with van der Waals surface area (Å²) in [4.78, 5) is 14.3. The molecule has 1 N–H and O–H groups in total. The van der Waals surface area contributed by atoms with Crippen LogP contribution in [0.1, 0.15) is 17.5 Å². The second-order valence-electron chi connectivity index (χ2n) is 5.69. The minimum Gasteiger partial charge on any atom is -0.497 e. The Labute approximate surface area is 148 Å². The molecule has 0 saturated carbocycles. The molecule has 24 heavy (non-hydrogen) atoms. The zero-order valence-electron chi connectivity index (χ0n) is 13.3. The maximum Gasteiger partial charge on any atom is 0.322 e. The van der Waals surface area contributed by atoms with Crippen LogP contribution in [0.4, 0.5) is 14.9 Å². The topological polar surface area (TPSA) is 41.6 Å². The summed E-state index contributed by atoms with van der Waals surface area (Å²) in [5.74, 6) is 0.0548. The van der Waals surface area contributed by atoms with Gasteiger partial charge in [-0.05, 0) is 54.3 Å².